The van der Waals surface area contributed by atoms with Crippen molar-refractivity contribution in [1.82, 2.24) is 10.2 Å². The van der Waals surface area contributed by atoms with Crippen LogP contribution in [0.1, 0.15) is 16.1 Å². The third-order valence-corrected chi connectivity index (χ3v) is 4.21. The summed E-state index contributed by atoms with van der Waals surface area (Å²) in [4.78, 5) is 11.2. The van der Waals surface area contributed by atoms with Gasteiger partial charge in [-0.25, -0.2) is 9.18 Å². The summed E-state index contributed by atoms with van der Waals surface area (Å²) in [6.07, 6.45) is 0. The molecule has 0 spiro atoms. The summed E-state index contributed by atoms with van der Waals surface area (Å²) in [6.45, 7) is 0.493. The number of nitrogens with zero attached hydrogens (tertiary/aromatic N) is 1. The first-order valence-electron chi connectivity index (χ1n) is 7.75. The molecule has 0 aliphatic carbocycles. The van der Waals surface area contributed by atoms with Gasteiger partial charge in [-0.3, -0.25) is 5.10 Å². The number of aromatic nitrogens is 2. The highest BCUT2D eigenvalue weighted by Crippen LogP contribution is 2.24. The summed E-state index contributed by atoms with van der Waals surface area (Å²) in [5.41, 5.74) is 2.38. The average molecular weight is 335 g/mol. The van der Waals surface area contributed by atoms with Gasteiger partial charge in [0.05, 0.1) is 5.52 Å². The normalized spacial score (nSPS) is 11.1. The second-order valence-corrected chi connectivity index (χ2v) is 5.74. The van der Waals surface area contributed by atoms with E-state index in [-0.39, 0.29) is 11.5 Å². The zero-order valence-electron chi connectivity index (χ0n) is 13.1. The van der Waals surface area contributed by atoms with E-state index in [1.54, 1.807) is 24.3 Å². The molecular weight excluding hydrogens is 321 g/mol. The van der Waals surface area contributed by atoms with E-state index in [1.165, 1.54) is 6.07 Å². The smallest absolute Gasteiger partial charge is 0.357 e. The Kier molecular flexibility index (Phi) is 3.57. The Morgan fingerprint density at radius 3 is 2.68 bits per heavy atom. The first-order valence-corrected chi connectivity index (χ1v) is 7.75. The fourth-order valence-electron chi connectivity index (χ4n) is 2.96. The van der Waals surface area contributed by atoms with E-state index >= 15 is 0 Å². The zero-order valence-corrected chi connectivity index (χ0v) is 13.1. The van der Waals surface area contributed by atoms with Crippen LogP contribution in [-0.2, 0) is 6.54 Å². The number of aromatic amines is 1. The minimum Gasteiger partial charge on any atom is -0.476 e. The molecule has 124 valence electrons. The fraction of sp³-hybridized carbons (Fsp3) is 0.0526. The molecule has 0 saturated heterocycles. The summed E-state index contributed by atoms with van der Waals surface area (Å²) in [5.74, 6) is -1.32. The lowest BCUT2D eigenvalue weighted by molar-refractivity contribution is 0.0692. The van der Waals surface area contributed by atoms with Crippen molar-refractivity contribution in [3.63, 3.8) is 0 Å². The molecule has 1 heterocycles. The number of anilines is 1. The van der Waals surface area contributed by atoms with Crippen molar-refractivity contribution in [2.24, 2.45) is 0 Å². The SMILES string of the molecule is O=C(O)c1n[nH]c2ccc(NCc3ccc(F)c4ccccc34)cc12. The van der Waals surface area contributed by atoms with Crippen LogP contribution in [0.2, 0.25) is 0 Å². The fourth-order valence-corrected chi connectivity index (χ4v) is 2.96. The number of carbonyl (C=O) groups is 1. The van der Waals surface area contributed by atoms with Crippen LogP contribution in [0.5, 0.6) is 0 Å². The van der Waals surface area contributed by atoms with Crippen LogP contribution in [0.25, 0.3) is 21.7 Å². The quantitative estimate of drug-likeness (QED) is 0.523. The lowest BCUT2D eigenvalue weighted by atomic mass is 10.0. The lowest BCUT2D eigenvalue weighted by Crippen LogP contribution is -2.01. The third kappa shape index (κ3) is 2.67. The maximum Gasteiger partial charge on any atom is 0.357 e. The highest BCUT2D eigenvalue weighted by atomic mass is 19.1. The lowest BCUT2D eigenvalue weighted by Gasteiger charge is -2.10. The topological polar surface area (TPSA) is 78.0 Å². The number of H-pyrrole nitrogens is 1. The van der Waals surface area contributed by atoms with Crippen molar-refractivity contribution in [3.8, 4) is 0 Å². The summed E-state index contributed by atoms with van der Waals surface area (Å²) in [5, 5.41) is 20.9. The van der Waals surface area contributed by atoms with Crippen molar-refractivity contribution in [3.05, 3.63) is 71.7 Å². The molecular formula is C19H14FN3O2. The van der Waals surface area contributed by atoms with Gasteiger partial charge in [0.15, 0.2) is 5.69 Å². The predicted molar refractivity (Wildman–Crippen MR) is 94.3 cm³/mol. The molecule has 1 aromatic heterocycles. The minimum atomic E-state index is -1.08. The first kappa shape index (κ1) is 15.1. The number of benzene rings is 3. The number of nitrogens with one attached hydrogen (secondary N) is 2. The molecule has 0 bridgehead atoms. The van der Waals surface area contributed by atoms with Crippen LogP contribution in [0.4, 0.5) is 10.1 Å². The molecule has 0 fully saturated rings. The van der Waals surface area contributed by atoms with Gasteiger partial charge in [0, 0.05) is 23.0 Å². The maximum atomic E-state index is 13.9. The van der Waals surface area contributed by atoms with E-state index in [9.17, 15) is 14.3 Å². The predicted octanol–water partition coefficient (Wildman–Crippen LogP) is 4.17. The Balaban J connectivity index is 1.66. The Hall–Kier alpha value is -3.41. The van der Waals surface area contributed by atoms with Gasteiger partial charge in [-0.15, -0.1) is 0 Å². The zero-order chi connectivity index (χ0) is 17.4. The number of hydrogen-bond acceptors (Lipinski definition) is 3. The standard InChI is InChI=1S/C19H14FN3O2/c20-16-7-5-11(13-3-1-2-4-14(13)16)10-21-12-6-8-17-15(9-12)18(19(24)25)23-22-17/h1-9,21H,10H2,(H,22,23)(H,24,25). The van der Waals surface area contributed by atoms with Crippen LogP contribution in [0, 0.1) is 5.82 Å². The van der Waals surface area contributed by atoms with Gasteiger partial charge in [0.1, 0.15) is 5.82 Å². The molecule has 5 nitrogen and oxygen atoms in total. The highest BCUT2D eigenvalue weighted by Gasteiger charge is 2.13. The number of rotatable bonds is 4. The molecule has 4 rings (SSSR count). The first-order chi connectivity index (χ1) is 12.1. The molecule has 0 amide bonds. The van der Waals surface area contributed by atoms with Crippen molar-refractivity contribution in [1.29, 1.82) is 0 Å². The van der Waals surface area contributed by atoms with E-state index in [4.69, 9.17) is 0 Å². The van der Waals surface area contributed by atoms with Crippen molar-refractivity contribution in [2.45, 2.75) is 6.54 Å². The number of aromatic carboxylic acids is 1. The number of carboxylic acids is 1. The summed E-state index contributed by atoms with van der Waals surface area (Å²) < 4.78 is 13.9. The van der Waals surface area contributed by atoms with E-state index in [0.717, 1.165) is 16.6 Å². The van der Waals surface area contributed by atoms with E-state index in [0.29, 0.717) is 22.8 Å². The van der Waals surface area contributed by atoms with Gasteiger partial charge < -0.3 is 10.4 Å². The highest BCUT2D eigenvalue weighted by molar-refractivity contribution is 6.01. The van der Waals surface area contributed by atoms with Gasteiger partial charge in [0.25, 0.3) is 0 Å². The van der Waals surface area contributed by atoms with E-state index in [2.05, 4.69) is 15.5 Å². The molecule has 25 heavy (non-hydrogen) atoms. The molecule has 0 atom stereocenters. The average Bonchev–Trinajstić information content (AvgIpc) is 3.05. The third-order valence-electron chi connectivity index (χ3n) is 4.21. The second-order valence-electron chi connectivity index (χ2n) is 5.74. The Bertz CT molecular complexity index is 1100. The van der Waals surface area contributed by atoms with Crippen molar-refractivity contribution < 1.29 is 14.3 Å². The molecule has 0 aliphatic heterocycles. The molecule has 0 aliphatic rings. The van der Waals surface area contributed by atoms with Crippen LogP contribution in [-0.4, -0.2) is 21.3 Å². The van der Waals surface area contributed by atoms with Crippen LogP contribution < -0.4 is 5.32 Å². The van der Waals surface area contributed by atoms with Gasteiger partial charge in [0.2, 0.25) is 0 Å². The summed E-state index contributed by atoms with van der Waals surface area (Å²) >= 11 is 0. The Morgan fingerprint density at radius 2 is 1.88 bits per heavy atom. The number of fused-ring (bicyclic) bond motifs is 2. The minimum absolute atomic E-state index is 0.00844. The van der Waals surface area contributed by atoms with Gasteiger partial charge in [-0.05, 0) is 35.2 Å². The monoisotopic (exact) mass is 335 g/mol. The molecule has 0 radical (unpaired) electrons. The van der Waals surface area contributed by atoms with Crippen LogP contribution in [0.15, 0.2) is 54.6 Å². The van der Waals surface area contributed by atoms with Gasteiger partial charge in [-0.2, -0.15) is 5.10 Å². The second kappa shape index (κ2) is 5.90. The Morgan fingerprint density at radius 1 is 1.08 bits per heavy atom. The number of halogens is 1. The molecule has 0 saturated carbocycles. The maximum absolute atomic E-state index is 13.9. The molecule has 4 aromatic rings. The van der Waals surface area contributed by atoms with Gasteiger partial charge in [-0.1, -0.05) is 30.3 Å². The molecule has 6 heteroatoms. The van der Waals surface area contributed by atoms with Crippen molar-refractivity contribution in [2.75, 3.05) is 5.32 Å². The molecule has 0 unspecified atom stereocenters. The summed E-state index contributed by atoms with van der Waals surface area (Å²) in [6, 6.07) is 15.9. The number of carboxylic acid groups (broad SMARTS) is 1. The largest absolute Gasteiger partial charge is 0.476 e. The molecule has 3 N–H and O–H groups in total. The van der Waals surface area contributed by atoms with E-state index < -0.39 is 5.97 Å². The van der Waals surface area contributed by atoms with E-state index in [1.807, 2.05) is 24.3 Å². The molecule has 3 aromatic carbocycles. The van der Waals surface area contributed by atoms with Crippen molar-refractivity contribution >= 4 is 33.3 Å². The number of hydrogen-bond donors (Lipinski definition) is 3. The summed E-state index contributed by atoms with van der Waals surface area (Å²) in [7, 11) is 0. The Labute approximate surface area is 142 Å². The van der Waals surface area contributed by atoms with Crippen LogP contribution in [0.3, 0.4) is 0 Å². The van der Waals surface area contributed by atoms with Gasteiger partial charge >= 0.3 is 5.97 Å². The van der Waals surface area contributed by atoms with Crippen LogP contribution >= 0.6 is 0 Å².